The molecule has 5 heteroatoms. The van der Waals surface area contributed by atoms with Gasteiger partial charge in [0, 0.05) is 14.1 Å². The molecule has 0 atom stereocenters. The summed E-state index contributed by atoms with van der Waals surface area (Å²) >= 11 is 0. The number of rotatable bonds is 4. The highest BCUT2D eigenvalue weighted by molar-refractivity contribution is 5.85. The Hall–Kier alpha value is -2.20. The van der Waals surface area contributed by atoms with Crippen LogP contribution >= 0.6 is 12.4 Å². The van der Waals surface area contributed by atoms with E-state index in [9.17, 15) is 0 Å². The normalized spacial score (nSPS) is 13.8. The van der Waals surface area contributed by atoms with E-state index < -0.39 is 0 Å². The van der Waals surface area contributed by atoms with Crippen molar-refractivity contribution in [1.82, 2.24) is 4.90 Å². The van der Waals surface area contributed by atoms with Crippen LogP contribution in [-0.4, -0.2) is 25.3 Å². The summed E-state index contributed by atoms with van der Waals surface area (Å²) in [5, 5.41) is 8.86. The van der Waals surface area contributed by atoms with Crippen LogP contribution in [0.3, 0.4) is 0 Å². The Morgan fingerprint density at radius 3 is 2.12 bits per heavy atom. The van der Waals surface area contributed by atoms with Gasteiger partial charge in [-0.15, -0.1) is 12.4 Å². The maximum absolute atomic E-state index is 4.61. The predicted molar refractivity (Wildman–Crippen MR) is 103 cm³/mol. The number of aliphatic imine (C=N–C) groups is 1. The van der Waals surface area contributed by atoms with Crippen LogP contribution in [0.2, 0.25) is 0 Å². The molecule has 0 fully saturated rings. The van der Waals surface area contributed by atoms with Crippen LogP contribution in [0.4, 0.5) is 17.1 Å². The van der Waals surface area contributed by atoms with E-state index in [1.54, 1.807) is 0 Å². The summed E-state index contributed by atoms with van der Waals surface area (Å²) in [5.41, 5.74) is 5.56. The SMILES string of the molecule is CN(C)C=Nc1ccc(N=Nc2ccccc2)c2c1CCCC2.Cl. The largest absolute Gasteiger partial charge is 0.369 e. The molecule has 0 bridgehead atoms. The maximum Gasteiger partial charge on any atom is 0.0907 e. The fourth-order valence-corrected chi connectivity index (χ4v) is 2.83. The zero-order valence-electron chi connectivity index (χ0n) is 14.1. The van der Waals surface area contributed by atoms with Crippen LogP contribution in [0, 0.1) is 0 Å². The van der Waals surface area contributed by atoms with Gasteiger partial charge < -0.3 is 4.90 Å². The van der Waals surface area contributed by atoms with Crippen LogP contribution in [0.5, 0.6) is 0 Å². The quantitative estimate of drug-likeness (QED) is 0.403. The molecule has 0 aliphatic heterocycles. The van der Waals surface area contributed by atoms with E-state index in [4.69, 9.17) is 0 Å². The van der Waals surface area contributed by atoms with Crippen molar-refractivity contribution in [3.8, 4) is 0 Å². The second-order valence-corrected chi connectivity index (χ2v) is 6.01. The number of benzene rings is 2. The molecule has 4 nitrogen and oxygen atoms in total. The van der Waals surface area contributed by atoms with Gasteiger partial charge in [0.1, 0.15) is 0 Å². The number of halogens is 1. The average molecular weight is 343 g/mol. The van der Waals surface area contributed by atoms with Gasteiger partial charge in [-0.25, -0.2) is 4.99 Å². The van der Waals surface area contributed by atoms with Crippen LogP contribution in [0.15, 0.2) is 57.7 Å². The molecule has 0 radical (unpaired) electrons. The zero-order chi connectivity index (χ0) is 16.1. The lowest BCUT2D eigenvalue weighted by atomic mass is 9.89. The van der Waals surface area contributed by atoms with E-state index in [1.807, 2.05) is 61.7 Å². The third-order valence-corrected chi connectivity index (χ3v) is 3.94. The highest BCUT2D eigenvalue weighted by atomic mass is 35.5. The lowest BCUT2D eigenvalue weighted by Gasteiger charge is -2.19. The molecule has 0 unspecified atom stereocenters. The van der Waals surface area contributed by atoms with Gasteiger partial charge >= 0.3 is 0 Å². The fourth-order valence-electron chi connectivity index (χ4n) is 2.83. The van der Waals surface area contributed by atoms with E-state index in [0.29, 0.717) is 0 Å². The molecule has 0 heterocycles. The molecule has 0 saturated heterocycles. The Bertz CT molecular complexity index is 724. The van der Waals surface area contributed by atoms with Gasteiger partial charge in [-0.3, -0.25) is 0 Å². The molecule has 2 aromatic carbocycles. The van der Waals surface area contributed by atoms with Crippen molar-refractivity contribution in [3.05, 3.63) is 53.6 Å². The number of azo groups is 1. The third-order valence-electron chi connectivity index (χ3n) is 3.94. The fraction of sp³-hybridized carbons (Fsp3) is 0.316. The highest BCUT2D eigenvalue weighted by Crippen LogP contribution is 2.36. The minimum absolute atomic E-state index is 0. The first kappa shape index (κ1) is 18.1. The monoisotopic (exact) mass is 342 g/mol. The van der Waals surface area contributed by atoms with Gasteiger partial charge in [0.15, 0.2) is 0 Å². The predicted octanol–water partition coefficient (Wildman–Crippen LogP) is 5.62. The Morgan fingerprint density at radius 2 is 1.46 bits per heavy atom. The van der Waals surface area contributed by atoms with Gasteiger partial charge in [0.05, 0.1) is 23.4 Å². The zero-order valence-corrected chi connectivity index (χ0v) is 15.0. The Kier molecular flexibility index (Phi) is 6.50. The standard InChI is InChI=1S/C19H22N4.ClH/c1-23(2)14-20-18-12-13-19(17-11-7-6-10-16(17)18)22-21-15-8-4-3-5-9-15;/h3-5,8-9,12-14H,6-7,10-11H2,1-2H3;1H. The van der Waals surface area contributed by atoms with Gasteiger partial charge in [-0.1, -0.05) is 18.2 Å². The van der Waals surface area contributed by atoms with Crippen molar-refractivity contribution in [2.45, 2.75) is 25.7 Å². The molecular formula is C19H23ClN4. The van der Waals surface area contributed by atoms with Crippen LogP contribution in [-0.2, 0) is 12.8 Å². The van der Waals surface area contributed by atoms with Crippen LogP contribution < -0.4 is 0 Å². The average Bonchev–Trinajstić information content (AvgIpc) is 2.59. The van der Waals surface area contributed by atoms with E-state index in [2.05, 4.69) is 21.3 Å². The van der Waals surface area contributed by atoms with E-state index in [0.717, 1.165) is 29.9 Å². The van der Waals surface area contributed by atoms with Crippen molar-refractivity contribution in [2.24, 2.45) is 15.2 Å². The molecule has 0 spiro atoms. The Balaban J connectivity index is 0.00000208. The molecule has 2 aromatic rings. The molecule has 0 saturated carbocycles. The topological polar surface area (TPSA) is 40.3 Å². The molecule has 0 amide bonds. The van der Waals surface area contributed by atoms with E-state index in [-0.39, 0.29) is 12.4 Å². The summed E-state index contributed by atoms with van der Waals surface area (Å²) in [6.07, 6.45) is 6.42. The number of nitrogens with zero attached hydrogens (tertiary/aromatic N) is 4. The molecule has 3 rings (SSSR count). The summed E-state index contributed by atoms with van der Waals surface area (Å²) in [6.45, 7) is 0. The van der Waals surface area contributed by atoms with Crippen LogP contribution in [0.1, 0.15) is 24.0 Å². The van der Waals surface area contributed by atoms with Gasteiger partial charge in [0.25, 0.3) is 0 Å². The van der Waals surface area contributed by atoms with E-state index >= 15 is 0 Å². The van der Waals surface area contributed by atoms with Crippen molar-refractivity contribution in [2.75, 3.05) is 14.1 Å². The smallest absolute Gasteiger partial charge is 0.0907 e. The molecule has 1 aliphatic rings. The summed E-state index contributed by atoms with van der Waals surface area (Å²) in [6, 6.07) is 14.0. The maximum atomic E-state index is 4.61. The number of hydrogen-bond donors (Lipinski definition) is 0. The minimum Gasteiger partial charge on any atom is -0.369 e. The number of fused-ring (bicyclic) bond motifs is 1. The molecular weight excluding hydrogens is 320 g/mol. The first-order valence-corrected chi connectivity index (χ1v) is 8.06. The molecule has 0 aromatic heterocycles. The highest BCUT2D eigenvalue weighted by Gasteiger charge is 2.16. The van der Waals surface area contributed by atoms with Gasteiger partial charge in [-0.05, 0) is 61.1 Å². The van der Waals surface area contributed by atoms with Crippen molar-refractivity contribution in [1.29, 1.82) is 0 Å². The first-order chi connectivity index (χ1) is 11.2. The van der Waals surface area contributed by atoms with E-state index in [1.165, 1.54) is 24.0 Å². The molecule has 24 heavy (non-hydrogen) atoms. The summed E-state index contributed by atoms with van der Waals surface area (Å²) in [7, 11) is 3.97. The lowest BCUT2D eigenvalue weighted by Crippen LogP contribution is -2.08. The third kappa shape index (κ3) is 4.42. The molecule has 126 valence electrons. The Morgan fingerprint density at radius 1 is 0.833 bits per heavy atom. The van der Waals surface area contributed by atoms with Crippen molar-refractivity contribution >= 4 is 35.8 Å². The minimum atomic E-state index is 0. The summed E-state index contributed by atoms with van der Waals surface area (Å²) < 4.78 is 0. The summed E-state index contributed by atoms with van der Waals surface area (Å²) in [5.74, 6) is 0. The second-order valence-electron chi connectivity index (χ2n) is 6.01. The lowest BCUT2D eigenvalue weighted by molar-refractivity contribution is 0.642. The first-order valence-electron chi connectivity index (χ1n) is 8.06. The van der Waals surface area contributed by atoms with Crippen LogP contribution in [0.25, 0.3) is 0 Å². The van der Waals surface area contributed by atoms with Gasteiger partial charge in [0.2, 0.25) is 0 Å². The summed E-state index contributed by atoms with van der Waals surface area (Å²) in [4.78, 5) is 6.56. The second kappa shape index (κ2) is 8.60. The molecule has 1 aliphatic carbocycles. The van der Waals surface area contributed by atoms with Crippen molar-refractivity contribution in [3.63, 3.8) is 0 Å². The molecule has 0 N–H and O–H groups in total. The Labute approximate surface area is 149 Å². The van der Waals surface area contributed by atoms with Gasteiger partial charge in [-0.2, -0.15) is 10.2 Å². The number of hydrogen-bond acceptors (Lipinski definition) is 3. The van der Waals surface area contributed by atoms with Crippen molar-refractivity contribution < 1.29 is 0 Å².